The highest BCUT2D eigenvalue weighted by atomic mass is 79.9. The van der Waals surface area contributed by atoms with Crippen molar-refractivity contribution in [3.8, 4) is 17.9 Å². The Hall–Kier alpha value is -3.58. The number of ether oxygens (including phenoxy) is 1. The number of amides is 1. The van der Waals surface area contributed by atoms with Gasteiger partial charge in [0, 0.05) is 12.1 Å². The van der Waals surface area contributed by atoms with Crippen LogP contribution in [0, 0.1) is 22.7 Å². The van der Waals surface area contributed by atoms with Crippen molar-refractivity contribution in [1.29, 1.82) is 10.5 Å². The summed E-state index contributed by atoms with van der Waals surface area (Å²) in [5, 5.41) is 21.8. The second kappa shape index (κ2) is 12.6. The van der Waals surface area contributed by atoms with Gasteiger partial charge in [-0.1, -0.05) is 60.1 Å². The highest BCUT2D eigenvalue weighted by molar-refractivity contribution is 9.10. The van der Waals surface area contributed by atoms with E-state index in [1.165, 1.54) is 11.6 Å². The summed E-state index contributed by atoms with van der Waals surface area (Å²) in [6, 6.07) is 24.6. The van der Waals surface area contributed by atoms with E-state index in [1.807, 2.05) is 48.5 Å². The van der Waals surface area contributed by atoms with Crippen LogP contribution in [0.4, 0.5) is 0 Å². The Kier molecular flexibility index (Phi) is 9.29. The van der Waals surface area contributed by atoms with Gasteiger partial charge in [-0.05, 0) is 64.2 Å². The lowest BCUT2D eigenvalue weighted by Gasteiger charge is -2.12. The second-order valence-corrected chi connectivity index (χ2v) is 8.65. The van der Waals surface area contributed by atoms with Crippen molar-refractivity contribution in [3.05, 3.63) is 104 Å². The topological polar surface area (TPSA) is 85.9 Å². The van der Waals surface area contributed by atoms with E-state index in [-0.39, 0.29) is 12.2 Å². The molecule has 1 N–H and O–H groups in total. The first-order valence-corrected chi connectivity index (χ1v) is 11.7. The van der Waals surface area contributed by atoms with E-state index in [9.17, 15) is 15.3 Å². The number of hydrogen-bond acceptors (Lipinski definition) is 4. The van der Waals surface area contributed by atoms with Crippen molar-refractivity contribution in [3.63, 3.8) is 0 Å². The van der Waals surface area contributed by atoms with Crippen LogP contribution in [0.15, 0.2) is 76.8 Å². The van der Waals surface area contributed by atoms with Crippen LogP contribution in [-0.4, -0.2) is 12.5 Å². The minimum absolute atomic E-state index is 0.0145. The molecule has 0 spiro atoms. The molecule has 0 saturated heterocycles. The molecule has 34 heavy (non-hydrogen) atoms. The molecular weight excluding hydrogens is 514 g/mol. The Balaban J connectivity index is 1.63. The number of benzene rings is 3. The van der Waals surface area contributed by atoms with Gasteiger partial charge in [-0.25, -0.2) is 0 Å². The van der Waals surface area contributed by atoms with Crippen LogP contribution in [0.25, 0.3) is 6.08 Å². The summed E-state index contributed by atoms with van der Waals surface area (Å²) in [5.41, 5.74) is 3.04. The van der Waals surface area contributed by atoms with Crippen LogP contribution in [0.5, 0.6) is 5.75 Å². The van der Waals surface area contributed by atoms with Gasteiger partial charge in [-0.3, -0.25) is 4.79 Å². The van der Waals surface area contributed by atoms with Crippen molar-refractivity contribution in [2.24, 2.45) is 0 Å². The summed E-state index contributed by atoms with van der Waals surface area (Å²) in [4.78, 5) is 12.4. The summed E-state index contributed by atoms with van der Waals surface area (Å²) in [7, 11) is 0. The molecule has 7 heteroatoms. The first-order valence-electron chi connectivity index (χ1n) is 10.6. The Morgan fingerprint density at radius 2 is 1.82 bits per heavy atom. The SMILES string of the molecule is N#C/C(=C/c1cc(Cl)c(OCc2ccccc2C#N)c(Br)c1)C(=O)NCCCc1ccccc1. The molecule has 0 unspecified atom stereocenters. The summed E-state index contributed by atoms with van der Waals surface area (Å²) in [5.74, 6) is -0.0216. The van der Waals surface area contributed by atoms with Crippen molar-refractivity contribution in [2.45, 2.75) is 19.4 Å². The van der Waals surface area contributed by atoms with Crippen molar-refractivity contribution in [2.75, 3.05) is 6.54 Å². The van der Waals surface area contributed by atoms with E-state index >= 15 is 0 Å². The minimum atomic E-state index is -0.434. The van der Waals surface area contributed by atoms with Crippen LogP contribution in [0.1, 0.15) is 28.7 Å². The van der Waals surface area contributed by atoms with Crippen LogP contribution in [-0.2, 0) is 17.8 Å². The first kappa shape index (κ1) is 25.1. The largest absolute Gasteiger partial charge is 0.486 e. The fourth-order valence-corrected chi connectivity index (χ4v) is 4.24. The molecule has 170 valence electrons. The molecule has 3 rings (SSSR count). The summed E-state index contributed by atoms with van der Waals surface area (Å²) < 4.78 is 6.41. The van der Waals surface area contributed by atoms with E-state index in [4.69, 9.17) is 16.3 Å². The van der Waals surface area contributed by atoms with E-state index in [0.29, 0.717) is 32.9 Å². The smallest absolute Gasteiger partial charge is 0.261 e. The second-order valence-electron chi connectivity index (χ2n) is 7.39. The van der Waals surface area contributed by atoms with Crippen LogP contribution >= 0.6 is 27.5 Å². The summed E-state index contributed by atoms with van der Waals surface area (Å²) in [6.07, 6.45) is 3.10. The third-order valence-corrected chi connectivity index (χ3v) is 5.85. The monoisotopic (exact) mass is 533 g/mol. The third-order valence-electron chi connectivity index (χ3n) is 4.98. The fourth-order valence-electron chi connectivity index (χ4n) is 3.26. The molecule has 0 aliphatic rings. The molecule has 0 atom stereocenters. The number of halogens is 2. The maximum atomic E-state index is 12.4. The predicted octanol–water partition coefficient (Wildman–Crippen LogP) is 6.21. The van der Waals surface area contributed by atoms with Gasteiger partial charge in [0.2, 0.25) is 0 Å². The lowest BCUT2D eigenvalue weighted by Crippen LogP contribution is -2.25. The van der Waals surface area contributed by atoms with Crippen LogP contribution in [0.2, 0.25) is 5.02 Å². The molecular formula is C27H21BrClN3O2. The van der Waals surface area contributed by atoms with Crippen molar-refractivity contribution >= 4 is 39.5 Å². The van der Waals surface area contributed by atoms with Gasteiger partial charge in [0.25, 0.3) is 5.91 Å². The molecule has 0 bridgehead atoms. The number of carbonyl (C=O) groups excluding carboxylic acids is 1. The lowest BCUT2D eigenvalue weighted by molar-refractivity contribution is -0.117. The maximum Gasteiger partial charge on any atom is 0.261 e. The molecule has 3 aromatic carbocycles. The number of hydrogen-bond donors (Lipinski definition) is 1. The van der Waals surface area contributed by atoms with Crippen molar-refractivity contribution in [1.82, 2.24) is 5.32 Å². The molecule has 0 radical (unpaired) electrons. The van der Waals surface area contributed by atoms with Gasteiger partial charge in [0.05, 0.1) is 21.1 Å². The summed E-state index contributed by atoms with van der Waals surface area (Å²) >= 11 is 9.85. The highest BCUT2D eigenvalue weighted by Crippen LogP contribution is 2.36. The van der Waals surface area contributed by atoms with E-state index in [0.717, 1.165) is 18.4 Å². The Labute approximate surface area is 212 Å². The van der Waals surface area contributed by atoms with Gasteiger partial charge in [-0.2, -0.15) is 10.5 Å². The quantitative estimate of drug-likeness (QED) is 0.201. The Morgan fingerprint density at radius 1 is 1.09 bits per heavy atom. The van der Waals surface area contributed by atoms with Crippen LogP contribution < -0.4 is 10.1 Å². The molecule has 0 aliphatic carbocycles. The molecule has 5 nitrogen and oxygen atoms in total. The Bertz CT molecular complexity index is 1250. The standard InChI is InChI=1S/C27H21BrClN3O2/c28-24-14-20(15-25(29)26(24)34-18-22-11-5-4-10-21(22)16-30)13-23(17-31)27(33)32-12-6-9-19-7-2-1-3-8-19/h1-5,7-8,10-11,13-15H,6,9,12,18H2,(H,32,33)/b23-13-. The maximum absolute atomic E-state index is 12.4. The Morgan fingerprint density at radius 3 is 2.53 bits per heavy atom. The number of nitrogens with zero attached hydrogens (tertiary/aromatic N) is 2. The number of rotatable bonds is 9. The number of nitrogens with one attached hydrogen (secondary N) is 1. The highest BCUT2D eigenvalue weighted by Gasteiger charge is 2.13. The molecule has 0 fully saturated rings. The van der Waals surface area contributed by atoms with Crippen LogP contribution in [0.3, 0.4) is 0 Å². The minimum Gasteiger partial charge on any atom is -0.486 e. The number of carbonyl (C=O) groups is 1. The van der Waals surface area contributed by atoms with Gasteiger partial charge in [0.15, 0.2) is 5.75 Å². The van der Waals surface area contributed by atoms with E-state index < -0.39 is 5.91 Å². The third kappa shape index (κ3) is 6.96. The van der Waals surface area contributed by atoms with Crippen molar-refractivity contribution < 1.29 is 9.53 Å². The summed E-state index contributed by atoms with van der Waals surface area (Å²) in [6.45, 7) is 0.639. The van der Waals surface area contributed by atoms with E-state index in [1.54, 1.807) is 24.3 Å². The normalized spacial score (nSPS) is 10.8. The average molecular weight is 535 g/mol. The molecule has 0 aliphatic heterocycles. The van der Waals surface area contributed by atoms with E-state index in [2.05, 4.69) is 27.3 Å². The molecule has 0 aromatic heterocycles. The fraction of sp³-hybridized carbons (Fsp3) is 0.148. The lowest BCUT2D eigenvalue weighted by atomic mass is 10.1. The molecule has 1 amide bonds. The van der Waals surface area contributed by atoms with Gasteiger partial charge >= 0.3 is 0 Å². The predicted molar refractivity (Wildman–Crippen MR) is 136 cm³/mol. The number of aryl methyl sites for hydroxylation is 1. The number of nitriles is 2. The first-order chi connectivity index (χ1) is 16.5. The zero-order chi connectivity index (χ0) is 24.3. The molecule has 0 saturated carbocycles. The van der Waals surface area contributed by atoms with Gasteiger partial charge < -0.3 is 10.1 Å². The zero-order valence-corrected chi connectivity index (χ0v) is 20.6. The molecule has 3 aromatic rings. The average Bonchev–Trinajstić information content (AvgIpc) is 2.85. The van der Waals surface area contributed by atoms with Gasteiger partial charge in [-0.15, -0.1) is 0 Å². The van der Waals surface area contributed by atoms with Gasteiger partial charge in [0.1, 0.15) is 18.2 Å². The zero-order valence-electron chi connectivity index (χ0n) is 18.2. The molecule has 0 heterocycles.